The molecule has 2 amide bonds. The van der Waals surface area contributed by atoms with Gasteiger partial charge in [-0.1, -0.05) is 45.0 Å². The van der Waals surface area contributed by atoms with Crippen molar-refractivity contribution in [2.45, 2.75) is 46.3 Å². The van der Waals surface area contributed by atoms with E-state index in [1.165, 1.54) is 0 Å². The molecule has 2 rings (SSSR count). The molecule has 0 spiro atoms. The molecule has 1 atom stereocenters. The fourth-order valence-electron chi connectivity index (χ4n) is 2.47. The average molecular weight is 290 g/mol. The Hall–Kier alpha value is -2.04. The molecule has 0 aliphatic carbocycles. The molecule has 114 valence electrons. The van der Waals surface area contributed by atoms with Crippen LogP contribution in [0.1, 0.15) is 38.3 Å². The van der Waals surface area contributed by atoms with Crippen LogP contribution in [0.4, 0.5) is 4.79 Å². The predicted octanol–water partition coefficient (Wildman–Crippen LogP) is 2.60. The van der Waals surface area contributed by atoms with Gasteiger partial charge in [-0.3, -0.25) is 4.79 Å². The van der Waals surface area contributed by atoms with E-state index in [9.17, 15) is 9.59 Å². The molecule has 1 heterocycles. The minimum atomic E-state index is -0.903. The van der Waals surface area contributed by atoms with E-state index in [0.717, 1.165) is 11.1 Å². The van der Waals surface area contributed by atoms with E-state index in [1.807, 2.05) is 45.0 Å². The summed E-state index contributed by atoms with van der Waals surface area (Å²) in [7, 11) is 0. The van der Waals surface area contributed by atoms with Gasteiger partial charge >= 0.3 is 12.0 Å². The lowest BCUT2D eigenvalue weighted by Gasteiger charge is -2.32. The van der Waals surface area contributed by atoms with Crippen LogP contribution in [0.2, 0.25) is 0 Å². The summed E-state index contributed by atoms with van der Waals surface area (Å²) in [5, 5.41) is 11.9. The second kappa shape index (κ2) is 5.76. The number of hydrogen-bond acceptors (Lipinski definition) is 2. The third-order valence-electron chi connectivity index (χ3n) is 3.85. The van der Waals surface area contributed by atoms with E-state index < -0.39 is 12.0 Å². The average Bonchev–Trinajstić information content (AvgIpc) is 2.80. The topological polar surface area (TPSA) is 69.6 Å². The Balaban J connectivity index is 2.02. The van der Waals surface area contributed by atoms with Gasteiger partial charge in [-0.15, -0.1) is 0 Å². The van der Waals surface area contributed by atoms with Crippen molar-refractivity contribution in [1.82, 2.24) is 10.2 Å². The van der Waals surface area contributed by atoms with Crippen molar-refractivity contribution in [2.75, 3.05) is 0 Å². The maximum Gasteiger partial charge on any atom is 0.318 e. The molecule has 0 fully saturated rings. The lowest BCUT2D eigenvalue weighted by Crippen LogP contribution is -2.49. The number of carboxylic acid groups (broad SMARTS) is 1. The van der Waals surface area contributed by atoms with Gasteiger partial charge in [0, 0.05) is 19.1 Å². The maximum absolute atomic E-state index is 12.4. The highest BCUT2D eigenvalue weighted by molar-refractivity contribution is 5.76. The summed E-state index contributed by atoms with van der Waals surface area (Å²) in [5.74, 6) is -0.903. The van der Waals surface area contributed by atoms with Gasteiger partial charge in [0.2, 0.25) is 0 Å². The highest BCUT2D eigenvalue weighted by Gasteiger charge is 2.31. The summed E-state index contributed by atoms with van der Waals surface area (Å²) in [5.41, 5.74) is 2.00. The van der Waals surface area contributed by atoms with Crippen molar-refractivity contribution >= 4 is 12.0 Å². The standard InChI is InChI=1S/C16H22N2O3/c1-16(2,3)13(8-14(19)20)17-15(21)18-9-11-6-4-5-7-12(11)10-18/h4-7,13H,8-10H2,1-3H3,(H,17,21)(H,19,20). The van der Waals surface area contributed by atoms with Crippen LogP contribution in [0.25, 0.3) is 0 Å². The summed E-state index contributed by atoms with van der Waals surface area (Å²) in [6, 6.07) is 7.35. The van der Waals surface area contributed by atoms with E-state index in [4.69, 9.17) is 5.11 Å². The highest BCUT2D eigenvalue weighted by atomic mass is 16.4. The van der Waals surface area contributed by atoms with Gasteiger partial charge in [0.15, 0.2) is 0 Å². The molecule has 1 aliphatic heterocycles. The molecule has 2 N–H and O–H groups in total. The molecule has 1 aromatic carbocycles. The normalized spacial score (nSPS) is 15.5. The third kappa shape index (κ3) is 3.74. The van der Waals surface area contributed by atoms with Crippen LogP contribution >= 0.6 is 0 Å². The Kier molecular flexibility index (Phi) is 4.21. The number of hydrogen-bond donors (Lipinski definition) is 2. The number of aliphatic carboxylic acids is 1. The van der Waals surface area contributed by atoms with E-state index in [2.05, 4.69) is 5.32 Å². The fourth-order valence-corrected chi connectivity index (χ4v) is 2.47. The van der Waals surface area contributed by atoms with Crippen LogP contribution in [-0.2, 0) is 17.9 Å². The number of amides is 2. The number of fused-ring (bicyclic) bond motifs is 1. The molecule has 0 aromatic heterocycles. The van der Waals surface area contributed by atoms with Crippen LogP contribution in [0.15, 0.2) is 24.3 Å². The van der Waals surface area contributed by atoms with Crippen LogP contribution in [0.5, 0.6) is 0 Å². The molecule has 1 unspecified atom stereocenters. The molecule has 0 saturated heterocycles. The predicted molar refractivity (Wildman–Crippen MR) is 79.7 cm³/mol. The summed E-state index contributed by atoms with van der Waals surface area (Å²) < 4.78 is 0. The van der Waals surface area contributed by atoms with Crippen molar-refractivity contribution in [3.05, 3.63) is 35.4 Å². The molecule has 0 radical (unpaired) electrons. The lowest BCUT2D eigenvalue weighted by atomic mass is 9.85. The number of nitrogens with zero attached hydrogens (tertiary/aromatic N) is 1. The quantitative estimate of drug-likeness (QED) is 0.899. The first-order chi connectivity index (χ1) is 9.77. The molecular formula is C16H22N2O3. The first-order valence-corrected chi connectivity index (χ1v) is 7.11. The Morgan fingerprint density at radius 3 is 2.19 bits per heavy atom. The Morgan fingerprint density at radius 1 is 1.24 bits per heavy atom. The van der Waals surface area contributed by atoms with E-state index >= 15 is 0 Å². The largest absolute Gasteiger partial charge is 0.481 e. The number of benzene rings is 1. The number of urea groups is 1. The number of carbonyl (C=O) groups excluding carboxylic acids is 1. The minimum absolute atomic E-state index is 0.0734. The van der Waals surface area contributed by atoms with Gasteiger partial charge in [0.05, 0.1) is 6.42 Å². The minimum Gasteiger partial charge on any atom is -0.481 e. The summed E-state index contributed by atoms with van der Waals surface area (Å²) in [4.78, 5) is 25.1. The number of carboxylic acids is 1. The molecule has 21 heavy (non-hydrogen) atoms. The van der Waals surface area contributed by atoms with Crippen molar-refractivity contribution < 1.29 is 14.7 Å². The molecule has 0 saturated carbocycles. The Morgan fingerprint density at radius 2 is 1.76 bits per heavy atom. The van der Waals surface area contributed by atoms with Crippen LogP contribution < -0.4 is 5.32 Å². The smallest absolute Gasteiger partial charge is 0.318 e. The Bertz CT molecular complexity index is 524. The molecule has 1 aliphatic rings. The zero-order valence-corrected chi connectivity index (χ0v) is 12.7. The number of rotatable bonds is 3. The third-order valence-corrected chi connectivity index (χ3v) is 3.85. The first-order valence-electron chi connectivity index (χ1n) is 7.11. The van der Waals surface area contributed by atoms with Crippen molar-refractivity contribution in [2.24, 2.45) is 5.41 Å². The molecule has 1 aromatic rings. The first kappa shape index (κ1) is 15.4. The van der Waals surface area contributed by atoms with Gasteiger partial charge in [-0.05, 0) is 16.5 Å². The molecular weight excluding hydrogens is 268 g/mol. The summed E-state index contributed by atoms with van der Waals surface area (Å²) in [6.45, 7) is 6.94. The van der Waals surface area contributed by atoms with E-state index in [0.29, 0.717) is 13.1 Å². The number of carbonyl (C=O) groups is 2. The van der Waals surface area contributed by atoms with E-state index in [-0.39, 0.29) is 17.9 Å². The lowest BCUT2D eigenvalue weighted by molar-refractivity contribution is -0.138. The Labute approximate surface area is 125 Å². The van der Waals surface area contributed by atoms with Crippen LogP contribution in [0, 0.1) is 5.41 Å². The van der Waals surface area contributed by atoms with Gasteiger partial charge in [-0.25, -0.2) is 4.79 Å². The second-order valence-corrected chi connectivity index (χ2v) is 6.59. The monoisotopic (exact) mass is 290 g/mol. The molecule has 5 heteroatoms. The second-order valence-electron chi connectivity index (χ2n) is 6.59. The van der Waals surface area contributed by atoms with Crippen LogP contribution in [0.3, 0.4) is 0 Å². The van der Waals surface area contributed by atoms with Gasteiger partial charge in [0.1, 0.15) is 0 Å². The molecule has 0 bridgehead atoms. The highest BCUT2D eigenvalue weighted by Crippen LogP contribution is 2.25. The zero-order chi connectivity index (χ0) is 15.6. The maximum atomic E-state index is 12.4. The summed E-state index contributed by atoms with van der Waals surface area (Å²) >= 11 is 0. The fraction of sp³-hybridized carbons (Fsp3) is 0.500. The van der Waals surface area contributed by atoms with Gasteiger partial charge < -0.3 is 15.3 Å². The SMILES string of the molecule is CC(C)(C)C(CC(=O)O)NC(=O)N1Cc2ccccc2C1. The number of nitrogens with one attached hydrogen (secondary N) is 1. The molecule has 5 nitrogen and oxygen atoms in total. The van der Waals surface area contributed by atoms with E-state index in [1.54, 1.807) is 4.90 Å². The van der Waals surface area contributed by atoms with Crippen molar-refractivity contribution in [3.8, 4) is 0 Å². The van der Waals surface area contributed by atoms with Crippen molar-refractivity contribution in [3.63, 3.8) is 0 Å². The van der Waals surface area contributed by atoms with Crippen LogP contribution in [-0.4, -0.2) is 28.0 Å². The van der Waals surface area contributed by atoms with Gasteiger partial charge in [0.25, 0.3) is 0 Å². The zero-order valence-electron chi connectivity index (χ0n) is 12.7. The van der Waals surface area contributed by atoms with Gasteiger partial charge in [-0.2, -0.15) is 0 Å². The van der Waals surface area contributed by atoms with Crippen molar-refractivity contribution in [1.29, 1.82) is 0 Å². The summed E-state index contributed by atoms with van der Waals surface area (Å²) in [6.07, 6.45) is -0.0734.